The zero-order valence-electron chi connectivity index (χ0n) is 10.4. The second-order valence-corrected chi connectivity index (χ2v) is 5.44. The van der Waals surface area contributed by atoms with E-state index in [9.17, 15) is 0 Å². The van der Waals surface area contributed by atoms with Crippen molar-refractivity contribution < 1.29 is 4.74 Å². The topological polar surface area (TPSA) is 48.1 Å². The van der Waals surface area contributed by atoms with Crippen LogP contribution in [-0.4, -0.2) is 9.97 Å². The molecule has 1 aromatic heterocycles. The highest BCUT2D eigenvalue weighted by Gasteiger charge is 2.11. The number of halogens is 1. The molecule has 0 bridgehead atoms. The van der Waals surface area contributed by atoms with E-state index in [1.165, 1.54) is 0 Å². The van der Waals surface area contributed by atoms with Crippen LogP contribution in [0.5, 0.6) is 5.88 Å². The maximum absolute atomic E-state index is 5.71. The van der Waals surface area contributed by atoms with Crippen molar-refractivity contribution in [2.45, 2.75) is 13.5 Å². The fourth-order valence-electron chi connectivity index (χ4n) is 1.67. The maximum Gasteiger partial charge on any atom is 0.224 e. The average Bonchev–Trinajstić information content (AvgIpc) is 2.37. The molecule has 0 aliphatic heterocycles. The first-order valence-electron chi connectivity index (χ1n) is 5.70. The van der Waals surface area contributed by atoms with E-state index < -0.39 is 0 Å². The Morgan fingerprint density at radius 3 is 2.63 bits per heavy atom. The molecule has 0 aliphatic rings. The summed E-state index contributed by atoms with van der Waals surface area (Å²) < 4.78 is 6.75. The lowest BCUT2D eigenvalue weighted by Crippen LogP contribution is -2.14. The number of aromatic nitrogens is 1. The van der Waals surface area contributed by atoms with E-state index in [2.05, 4.69) is 20.9 Å². The number of thiocarbonyl (C=S) groups is 1. The first-order valence-corrected chi connectivity index (χ1v) is 6.90. The minimum absolute atomic E-state index is 0.302. The molecule has 98 valence electrons. The van der Waals surface area contributed by atoms with Crippen LogP contribution in [0.25, 0.3) is 0 Å². The first kappa shape index (κ1) is 14.0. The highest BCUT2D eigenvalue weighted by atomic mass is 79.9. The Morgan fingerprint density at radius 1 is 1.32 bits per heavy atom. The Bertz CT molecular complexity index is 599. The summed E-state index contributed by atoms with van der Waals surface area (Å²) in [4.78, 5) is 4.50. The molecule has 2 aromatic rings. The van der Waals surface area contributed by atoms with Gasteiger partial charge in [0.2, 0.25) is 5.88 Å². The van der Waals surface area contributed by atoms with E-state index in [-0.39, 0.29) is 0 Å². The molecule has 3 nitrogen and oxygen atoms in total. The van der Waals surface area contributed by atoms with Gasteiger partial charge in [-0.05, 0) is 36.2 Å². The van der Waals surface area contributed by atoms with Gasteiger partial charge in [-0.2, -0.15) is 0 Å². The third-order valence-electron chi connectivity index (χ3n) is 2.66. The third-order valence-corrected chi connectivity index (χ3v) is 3.39. The molecule has 1 heterocycles. The predicted octanol–water partition coefficient (Wildman–Crippen LogP) is 3.37. The molecule has 0 spiro atoms. The lowest BCUT2D eigenvalue weighted by Gasteiger charge is -2.11. The number of ether oxygens (including phenoxy) is 1. The molecule has 0 saturated heterocycles. The molecule has 0 fully saturated rings. The Labute approximate surface area is 125 Å². The SMILES string of the molecule is Cc1ccnc(OCc2ccc(Br)cc2)c1C(N)=S. The normalized spacial score (nSPS) is 10.2. The van der Waals surface area contributed by atoms with Crippen LogP contribution < -0.4 is 10.5 Å². The number of benzene rings is 1. The number of nitrogens with zero attached hydrogens (tertiary/aromatic N) is 1. The van der Waals surface area contributed by atoms with Crippen LogP contribution >= 0.6 is 28.1 Å². The number of hydrogen-bond acceptors (Lipinski definition) is 3. The summed E-state index contributed by atoms with van der Waals surface area (Å²) in [5, 5.41) is 0. The summed E-state index contributed by atoms with van der Waals surface area (Å²) in [5.41, 5.74) is 8.43. The predicted molar refractivity (Wildman–Crippen MR) is 83.3 cm³/mol. The summed E-state index contributed by atoms with van der Waals surface area (Å²) in [5.74, 6) is 0.482. The minimum Gasteiger partial charge on any atom is -0.472 e. The fraction of sp³-hybridized carbons (Fsp3) is 0.143. The van der Waals surface area contributed by atoms with Gasteiger partial charge in [-0.25, -0.2) is 4.98 Å². The molecule has 2 N–H and O–H groups in total. The third kappa shape index (κ3) is 3.52. The molecule has 1 aromatic carbocycles. The molecule has 0 radical (unpaired) electrons. The van der Waals surface area contributed by atoms with Gasteiger partial charge in [0.15, 0.2) is 0 Å². The van der Waals surface area contributed by atoms with E-state index in [1.807, 2.05) is 37.3 Å². The van der Waals surface area contributed by atoms with Crippen molar-refractivity contribution in [3.05, 3.63) is 57.7 Å². The van der Waals surface area contributed by atoms with E-state index in [1.54, 1.807) is 6.20 Å². The van der Waals surface area contributed by atoms with Crippen molar-refractivity contribution in [3.8, 4) is 5.88 Å². The fourth-order valence-corrected chi connectivity index (χ4v) is 2.19. The van der Waals surface area contributed by atoms with Crippen molar-refractivity contribution in [2.24, 2.45) is 5.73 Å². The monoisotopic (exact) mass is 336 g/mol. The average molecular weight is 337 g/mol. The minimum atomic E-state index is 0.302. The van der Waals surface area contributed by atoms with Gasteiger partial charge in [0, 0.05) is 10.7 Å². The van der Waals surface area contributed by atoms with Crippen molar-refractivity contribution in [2.75, 3.05) is 0 Å². The number of aryl methyl sites for hydroxylation is 1. The zero-order valence-corrected chi connectivity index (χ0v) is 12.8. The molecule has 5 heteroatoms. The van der Waals surface area contributed by atoms with E-state index >= 15 is 0 Å². The van der Waals surface area contributed by atoms with Crippen LogP contribution in [0, 0.1) is 6.92 Å². The Morgan fingerprint density at radius 2 is 2.00 bits per heavy atom. The Hall–Kier alpha value is -1.46. The highest BCUT2D eigenvalue weighted by molar-refractivity contribution is 9.10. The molecule has 0 amide bonds. The highest BCUT2D eigenvalue weighted by Crippen LogP contribution is 2.20. The number of hydrogen-bond donors (Lipinski definition) is 1. The first-order chi connectivity index (χ1) is 9.08. The van der Waals surface area contributed by atoms with Crippen molar-refractivity contribution in [1.82, 2.24) is 4.98 Å². The lowest BCUT2D eigenvalue weighted by atomic mass is 10.1. The second kappa shape index (κ2) is 6.12. The van der Waals surface area contributed by atoms with Gasteiger partial charge in [-0.1, -0.05) is 40.3 Å². The van der Waals surface area contributed by atoms with Gasteiger partial charge in [0.1, 0.15) is 11.6 Å². The van der Waals surface area contributed by atoms with Crippen LogP contribution in [0.15, 0.2) is 41.0 Å². The van der Waals surface area contributed by atoms with E-state index in [0.29, 0.717) is 23.0 Å². The van der Waals surface area contributed by atoms with E-state index in [4.69, 9.17) is 22.7 Å². The summed E-state index contributed by atoms with van der Waals surface area (Å²) in [6, 6.07) is 9.77. The summed E-state index contributed by atoms with van der Waals surface area (Å²) in [6.07, 6.45) is 1.69. The molecule has 0 atom stereocenters. The number of pyridine rings is 1. The second-order valence-electron chi connectivity index (χ2n) is 4.09. The van der Waals surface area contributed by atoms with Crippen LogP contribution in [0.3, 0.4) is 0 Å². The van der Waals surface area contributed by atoms with Crippen molar-refractivity contribution in [3.63, 3.8) is 0 Å². The van der Waals surface area contributed by atoms with Gasteiger partial charge < -0.3 is 10.5 Å². The molecular weight excluding hydrogens is 324 g/mol. The largest absolute Gasteiger partial charge is 0.472 e. The van der Waals surface area contributed by atoms with Crippen LogP contribution in [0.2, 0.25) is 0 Å². The zero-order chi connectivity index (χ0) is 13.8. The van der Waals surface area contributed by atoms with Gasteiger partial charge in [0.25, 0.3) is 0 Å². The summed E-state index contributed by atoms with van der Waals surface area (Å²) in [6.45, 7) is 2.36. The van der Waals surface area contributed by atoms with Crippen LogP contribution in [0.4, 0.5) is 0 Å². The van der Waals surface area contributed by atoms with Crippen LogP contribution in [0.1, 0.15) is 16.7 Å². The molecule has 0 saturated carbocycles. The van der Waals surface area contributed by atoms with Crippen molar-refractivity contribution in [1.29, 1.82) is 0 Å². The molecular formula is C14H13BrN2OS. The van der Waals surface area contributed by atoms with Gasteiger partial charge in [-0.15, -0.1) is 0 Å². The molecule has 0 aliphatic carbocycles. The Balaban J connectivity index is 2.18. The molecule has 2 rings (SSSR count). The lowest BCUT2D eigenvalue weighted by molar-refractivity contribution is 0.293. The van der Waals surface area contributed by atoms with E-state index in [0.717, 1.165) is 15.6 Å². The van der Waals surface area contributed by atoms with Crippen molar-refractivity contribution >= 4 is 33.1 Å². The molecule has 0 unspecified atom stereocenters. The van der Waals surface area contributed by atoms with Gasteiger partial charge in [-0.3, -0.25) is 0 Å². The van der Waals surface area contributed by atoms with Gasteiger partial charge in [0.05, 0.1) is 5.56 Å². The summed E-state index contributed by atoms with van der Waals surface area (Å²) >= 11 is 8.43. The molecule has 19 heavy (non-hydrogen) atoms. The maximum atomic E-state index is 5.71. The Kier molecular flexibility index (Phi) is 4.50. The standard InChI is InChI=1S/C14H13BrN2OS/c1-9-6-7-17-14(12(9)13(16)19)18-8-10-2-4-11(15)5-3-10/h2-7H,8H2,1H3,(H2,16,19). The van der Waals surface area contributed by atoms with Gasteiger partial charge >= 0.3 is 0 Å². The summed E-state index contributed by atoms with van der Waals surface area (Å²) in [7, 11) is 0. The quantitative estimate of drug-likeness (QED) is 0.869. The van der Waals surface area contributed by atoms with Crippen LogP contribution in [-0.2, 0) is 6.61 Å². The number of nitrogens with two attached hydrogens (primary N) is 1. The number of rotatable bonds is 4. The smallest absolute Gasteiger partial charge is 0.224 e.